The van der Waals surface area contributed by atoms with Gasteiger partial charge in [0.05, 0.1) is 45.3 Å². The minimum Gasteiger partial charge on any atom is -0.320 e. The zero-order valence-corrected chi connectivity index (χ0v) is 33.0. The first-order valence-electron chi connectivity index (χ1n) is 19.4. The molecular formula is C44H53ClN6O4. The van der Waals surface area contributed by atoms with Crippen LogP contribution in [0.3, 0.4) is 0 Å². The molecular weight excluding hydrogens is 712 g/mol. The van der Waals surface area contributed by atoms with Crippen LogP contribution in [0.25, 0.3) is 0 Å². The number of carbonyl (C=O) groups is 4. The molecule has 0 atom stereocenters. The minimum atomic E-state index is -0.242. The Kier molecular flexibility index (Phi) is 15.0. The van der Waals surface area contributed by atoms with E-state index in [0.717, 1.165) is 57.3 Å². The smallest absolute Gasteiger partial charge is 0.257 e. The second-order valence-corrected chi connectivity index (χ2v) is 14.9. The van der Waals surface area contributed by atoms with E-state index in [1.807, 2.05) is 54.6 Å². The predicted molar refractivity (Wildman–Crippen MR) is 224 cm³/mol. The third-order valence-corrected chi connectivity index (χ3v) is 9.59. The van der Waals surface area contributed by atoms with Crippen LogP contribution in [0.5, 0.6) is 0 Å². The molecule has 0 aromatic heterocycles. The Morgan fingerprint density at radius 1 is 0.564 bits per heavy atom. The van der Waals surface area contributed by atoms with Gasteiger partial charge in [0.25, 0.3) is 11.8 Å². The highest BCUT2D eigenvalue weighted by molar-refractivity contribution is 6.31. The van der Waals surface area contributed by atoms with Crippen molar-refractivity contribution in [2.24, 2.45) is 0 Å². The number of hydrogen-bond donors (Lipinski definition) is 4. The van der Waals surface area contributed by atoms with Gasteiger partial charge in [-0.2, -0.15) is 0 Å². The molecule has 0 saturated heterocycles. The van der Waals surface area contributed by atoms with Gasteiger partial charge >= 0.3 is 0 Å². The van der Waals surface area contributed by atoms with Gasteiger partial charge in [-0.3, -0.25) is 29.0 Å². The Morgan fingerprint density at radius 3 is 1.51 bits per heavy atom. The Morgan fingerprint density at radius 2 is 1.00 bits per heavy atom. The average molecular weight is 765 g/mol. The van der Waals surface area contributed by atoms with Gasteiger partial charge in [0.15, 0.2) is 0 Å². The molecule has 0 unspecified atom stereocenters. The van der Waals surface area contributed by atoms with Crippen LogP contribution in [0.1, 0.15) is 99.8 Å². The van der Waals surface area contributed by atoms with Gasteiger partial charge in [-0.05, 0) is 93.4 Å². The lowest BCUT2D eigenvalue weighted by atomic mass is 10.1. The molecule has 4 amide bonds. The van der Waals surface area contributed by atoms with Crippen molar-refractivity contribution < 1.29 is 19.2 Å². The van der Waals surface area contributed by atoms with E-state index in [1.54, 1.807) is 46.2 Å². The summed E-state index contributed by atoms with van der Waals surface area (Å²) in [5.41, 5.74) is 4.82. The van der Waals surface area contributed by atoms with E-state index in [9.17, 15) is 19.2 Å². The van der Waals surface area contributed by atoms with Crippen molar-refractivity contribution in [1.82, 2.24) is 10.6 Å². The van der Waals surface area contributed by atoms with Gasteiger partial charge in [0.2, 0.25) is 11.8 Å². The van der Waals surface area contributed by atoms with Gasteiger partial charge < -0.3 is 21.3 Å². The highest BCUT2D eigenvalue weighted by atomic mass is 35.5. The van der Waals surface area contributed by atoms with Gasteiger partial charge in [0, 0.05) is 29.9 Å². The summed E-state index contributed by atoms with van der Waals surface area (Å²) in [6, 6.07) is 28.1. The molecule has 4 aromatic rings. The first-order chi connectivity index (χ1) is 26.5. The summed E-state index contributed by atoms with van der Waals surface area (Å²) in [5, 5.41) is 13.1. The summed E-state index contributed by atoms with van der Waals surface area (Å²) in [7, 11) is 0. The second kappa shape index (κ2) is 20.0. The number of benzene rings is 4. The van der Waals surface area contributed by atoms with Crippen LogP contribution >= 0.6 is 11.6 Å². The van der Waals surface area contributed by atoms with Crippen LogP contribution in [0.2, 0.25) is 5.02 Å². The highest BCUT2D eigenvalue weighted by Crippen LogP contribution is 2.40. The molecule has 2 aliphatic heterocycles. The monoisotopic (exact) mass is 764 g/mol. The lowest BCUT2D eigenvalue weighted by Gasteiger charge is -2.24. The predicted octanol–water partition coefficient (Wildman–Crippen LogP) is 9.60. The third kappa shape index (κ3) is 11.0. The summed E-state index contributed by atoms with van der Waals surface area (Å²) < 4.78 is 0. The van der Waals surface area contributed by atoms with E-state index < -0.39 is 0 Å². The molecule has 0 radical (unpaired) electrons. The van der Waals surface area contributed by atoms with Crippen molar-refractivity contribution in [3.8, 4) is 0 Å². The number of amides is 4. The molecule has 0 spiro atoms. The number of hydrogen-bond acceptors (Lipinski definition) is 6. The Labute approximate surface area is 330 Å². The van der Waals surface area contributed by atoms with Crippen LogP contribution in [0, 0.1) is 0 Å². The van der Waals surface area contributed by atoms with Crippen LogP contribution in [0.15, 0.2) is 91.0 Å². The minimum absolute atomic E-state index is 0.0169. The SMILES string of the molecule is CC(C)NCCCCCC(=O)N1c2ccc(Cl)cc2NC(=O)c2ccccc21.CC(C)NCCCCCC(=O)N1c2ccccc2NC(=O)c2ccccc21. The largest absolute Gasteiger partial charge is 0.320 e. The topological polar surface area (TPSA) is 123 Å². The number of fused-ring (bicyclic) bond motifs is 4. The lowest BCUT2D eigenvalue weighted by molar-refractivity contribution is -0.118. The Bertz CT molecular complexity index is 1960. The number of nitrogens with one attached hydrogen (secondary N) is 4. The van der Waals surface area contributed by atoms with Crippen LogP contribution < -0.4 is 31.1 Å². The summed E-state index contributed by atoms with van der Waals surface area (Å²) in [6.45, 7) is 10.4. The van der Waals surface area contributed by atoms with E-state index >= 15 is 0 Å². The zero-order chi connectivity index (χ0) is 39.3. The van der Waals surface area contributed by atoms with Gasteiger partial charge in [-0.1, -0.05) is 88.5 Å². The lowest BCUT2D eigenvalue weighted by Crippen LogP contribution is -2.26. The molecule has 4 N–H and O–H groups in total. The standard InChI is InChI=1S/C22H26ClN3O2.C22H27N3O2/c1-15(2)24-13-7-3-4-10-21(27)26-19-9-6-5-8-17(19)22(28)25-18-14-16(23)11-12-20(18)26;1-16(2)23-15-9-3-4-14-21(26)25-19-12-7-5-10-17(19)22(27)24-18-11-6-8-13-20(18)25/h5-6,8-9,11-12,14-15,24H,3-4,7,10,13H2,1-2H3,(H,25,28);5-8,10-13,16,23H,3-4,9,14-15H2,1-2H3,(H,24,27). The number of rotatable bonds is 14. The quantitative estimate of drug-likeness (QED) is 0.0949. The number of unbranched alkanes of at least 4 members (excludes halogenated alkanes) is 4. The molecule has 10 nitrogen and oxygen atoms in total. The molecule has 4 aromatic carbocycles. The average Bonchev–Trinajstić information content (AvgIpc) is 3.37. The zero-order valence-electron chi connectivity index (χ0n) is 32.3. The Hall–Kier alpha value is -5.03. The molecule has 0 fully saturated rings. The number of anilines is 6. The number of nitrogens with zero attached hydrogens (tertiary/aromatic N) is 2. The maximum absolute atomic E-state index is 13.1. The third-order valence-electron chi connectivity index (χ3n) is 9.36. The number of halogens is 1. The van der Waals surface area contributed by atoms with Crippen molar-refractivity contribution in [2.75, 3.05) is 33.5 Å². The molecule has 11 heteroatoms. The molecule has 6 rings (SSSR count). The molecule has 2 heterocycles. The fraction of sp³-hybridized carbons (Fsp3) is 0.364. The Balaban J connectivity index is 0.000000211. The van der Waals surface area contributed by atoms with E-state index in [2.05, 4.69) is 49.0 Å². The van der Waals surface area contributed by atoms with Crippen LogP contribution in [0.4, 0.5) is 34.1 Å². The van der Waals surface area contributed by atoms with Crippen molar-refractivity contribution in [3.63, 3.8) is 0 Å². The summed E-state index contributed by atoms with van der Waals surface area (Å²) in [6.07, 6.45) is 6.59. The number of carbonyl (C=O) groups excluding carboxylic acids is 4. The molecule has 0 aliphatic carbocycles. The van der Waals surface area contributed by atoms with Gasteiger partial charge in [-0.15, -0.1) is 0 Å². The highest BCUT2D eigenvalue weighted by Gasteiger charge is 2.30. The maximum Gasteiger partial charge on any atom is 0.257 e. The first kappa shape index (κ1) is 41.1. The van der Waals surface area contributed by atoms with Crippen molar-refractivity contribution in [2.45, 2.75) is 91.1 Å². The van der Waals surface area contributed by atoms with Gasteiger partial charge in [0.1, 0.15) is 0 Å². The molecule has 55 heavy (non-hydrogen) atoms. The molecule has 2 aliphatic rings. The summed E-state index contributed by atoms with van der Waals surface area (Å²) >= 11 is 6.11. The van der Waals surface area contributed by atoms with E-state index in [1.165, 1.54) is 0 Å². The second-order valence-electron chi connectivity index (χ2n) is 14.4. The normalized spacial score (nSPS) is 13.0. The summed E-state index contributed by atoms with van der Waals surface area (Å²) in [5.74, 6) is -0.435. The fourth-order valence-electron chi connectivity index (χ4n) is 6.64. The fourth-order valence-corrected chi connectivity index (χ4v) is 6.81. The molecule has 0 bridgehead atoms. The van der Waals surface area contributed by atoms with Crippen molar-refractivity contribution >= 4 is 69.4 Å². The maximum atomic E-state index is 13.1. The van der Waals surface area contributed by atoms with Crippen molar-refractivity contribution in [1.29, 1.82) is 0 Å². The molecule has 0 saturated carbocycles. The van der Waals surface area contributed by atoms with Crippen LogP contribution in [-0.2, 0) is 9.59 Å². The summed E-state index contributed by atoms with van der Waals surface area (Å²) in [4.78, 5) is 54.8. The van der Waals surface area contributed by atoms with E-state index in [4.69, 9.17) is 11.6 Å². The number of para-hydroxylation sites is 4. The molecule has 290 valence electrons. The van der Waals surface area contributed by atoms with Crippen molar-refractivity contribution in [3.05, 3.63) is 107 Å². The van der Waals surface area contributed by atoms with Gasteiger partial charge in [-0.25, -0.2) is 0 Å². The van der Waals surface area contributed by atoms with Crippen LogP contribution in [-0.4, -0.2) is 48.8 Å². The first-order valence-corrected chi connectivity index (χ1v) is 19.7. The van der Waals surface area contributed by atoms with E-state index in [0.29, 0.717) is 69.5 Å². The van der Waals surface area contributed by atoms with E-state index in [-0.39, 0.29) is 23.6 Å².